The fraction of sp³-hybridized carbons (Fsp3) is 0.0909. The second-order valence-electron chi connectivity index (χ2n) is 9.42. The molecule has 0 unspecified atom stereocenters. The molecule has 0 aliphatic carbocycles. The van der Waals surface area contributed by atoms with Gasteiger partial charge in [-0.3, -0.25) is 9.59 Å². The van der Waals surface area contributed by atoms with Crippen molar-refractivity contribution >= 4 is 45.7 Å². The van der Waals surface area contributed by atoms with Gasteiger partial charge in [-0.15, -0.1) is 0 Å². The van der Waals surface area contributed by atoms with E-state index in [1.54, 1.807) is 49.4 Å². The zero-order chi connectivity index (χ0) is 28.9. The molecule has 2 N–H and O–H groups in total. The summed E-state index contributed by atoms with van der Waals surface area (Å²) in [5, 5.41) is 8.13. The minimum atomic E-state index is -0.490. The van der Waals surface area contributed by atoms with Gasteiger partial charge in [0.15, 0.2) is 0 Å². The van der Waals surface area contributed by atoms with Gasteiger partial charge in [0.2, 0.25) is 0 Å². The topological polar surface area (TPSA) is 83.5 Å². The summed E-state index contributed by atoms with van der Waals surface area (Å²) < 4.78 is 13.5. The van der Waals surface area contributed by atoms with Crippen LogP contribution in [0.5, 0.6) is 0 Å². The van der Waals surface area contributed by atoms with E-state index in [0.29, 0.717) is 44.1 Å². The number of nitrogens with zero attached hydrogens (tertiary/aromatic N) is 2. The predicted molar refractivity (Wildman–Crippen MR) is 162 cm³/mol. The number of rotatable bonds is 7. The minimum Gasteiger partial charge on any atom is -0.322 e. The standard InChI is InChI=1S/C33H26ClFN4O2/c1-3-21-13-15-22(16-14-21)30-19-28(27-11-6-12-29(34)31(27)37-30)33(41)39-38-20(2)23-7-5-10-26(18-23)36-32(40)24-8-4-9-25(35)17-24/h4-19H,3H2,1-2H3,(H,36,40)(H,39,41)/b38-20+. The highest BCUT2D eigenvalue weighted by atomic mass is 35.5. The Bertz CT molecular complexity index is 1800. The van der Waals surface area contributed by atoms with Gasteiger partial charge in [0.1, 0.15) is 5.82 Å². The number of aryl methyl sites for hydroxylation is 1. The molecule has 0 spiro atoms. The average Bonchev–Trinajstić information content (AvgIpc) is 2.99. The lowest BCUT2D eigenvalue weighted by Crippen LogP contribution is -2.20. The molecule has 5 rings (SSSR count). The first-order chi connectivity index (χ1) is 19.8. The van der Waals surface area contributed by atoms with E-state index in [-0.39, 0.29) is 5.56 Å². The first-order valence-electron chi connectivity index (χ1n) is 13.0. The second kappa shape index (κ2) is 12.1. The summed E-state index contributed by atoms with van der Waals surface area (Å²) in [6.07, 6.45) is 0.921. The smallest absolute Gasteiger partial charge is 0.272 e. The van der Waals surface area contributed by atoms with Gasteiger partial charge >= 0.3 is 0 Å². The Morgan fingerprint density at radius 1 is 0.878 bits per heavy atom. The van der Waals surface area contributed by atoms with Crippen molar-refractivity contribution in [2.45, 2.75) is 20.3 Å². The van der Waals surface area contributed by atoms with Crippen LogP contribution in [0.4, 0.5) is 10.1 Å². The van der Waals surface area contributed by atoms with Crippen molar-refractivity contribution in [1.29, 1.82) is 0 Å². The zero-order valence-electron chi connectivity index (χ0n) is 22.4. The van der Waals surface area contributed by atoms with Crippen LogP contribution in [0.2, 0.25) is 5.02 Å². The highest BCUT2D eigenvalue weighted by Crippen LogP contribution is 2.29. The van der Waals surface area contributed by atoms with Gasteiger partial charge in [0.25, 0.3) is 11.8 Å². The lowest BCUT2D eigenvalue weighted by molar-refractivity contribution is 0.0955. The number of hydrogen-bond donors (Lipinski definition) is 2. The molecule has 1 aromatic heterocycles. The number of para-hydroxylation sites is 1. The van der Waals surface area contributed by atoms with Crippen molar-refractivity contribution in [2.24, 2.45) is 5.10 Å². The third-order valence-electron chi connectivity index (χ3n) is 6.64. The maximum Gasteiger partial charge on any atom is 0.272 e. The molecule has 4 aromatic carbocycles. The molecule has 204 valence electrons. The molecule has 0 aliphatic rings. The summed E-state index contributed by atoms with van der Waals surface area (Å²) in [5.74, 6) is -1.34. The average molecular weight is 565 g/mol. The van der Waals surface area contributed by atoms with Crippen LogP contribution in [0.3, 0.4) is 0 Å². The van der Waals surface area contributed by atoms with Crippen LogP contribution in [0, 0.1) is 5.82 Å². The quantitative estimate of drug-likeness (QED) is 0.157. The maximum absolute atomic E-state index is 13.5. The maximum atomic E-state index is 13.5. The second-order valence-corrected chi connectivity index (χ2v) is 9.83. The lowest BCUT2D eigenvalue weighted by Gasteiger charge is -2.11. The molecule has 2 amide bonds. The van der Waals surface area contributed by atoms with E-state index in [2.05, 4.69) is 22.8 Å². The van der Waals surface area contributed by atoms with Crippen molar-refractivity contribution in [2.75, 3.05) is 5.32 Å². The van der Waals surface area contributed by atoms with Gasteiger partial charge in [-0.25, -0.2) is 14.8 Å². The van der Waals surface area contributed by atoms with Crippen LogP contribution in [0.1, 0.15) is 45.7 Å². The van der Waals surface area contributed by atoms with Crippen LogP contribution in [0.15, 0.2) is 102 Å². The molecule has 0 fully saturated rings. The SMILES string of the molecule is CCc1ccc(-c2cc(C(=O)N/N=C(\C)c3cccc(NC(=O)c4cccc(F)c4)c3)c3cccc(Cl)c3n2)cc1. The van der Waals surface area contributed by atoms with Crippen LogP contribution < -0.4 is 10.7 Å². The number of hydrazone groups is 1. The van der Waals surface area contributed by atoms with Crippen LogP contribution >= 0.6 is 11.6 Å². The molecular weight excluding hydrogens is 539 g/mol. The van der Waals surface area contributed by atoms with Gasteiger partial charge in [-0.2, -0.15) is 5.10 Å². The Labute approximate surface area is 241 Å². The van der Waals surface area contributed by atoms with E-state index >= 15 is 0 Å². The van der Waals surface area contributed by atoms with Gasteiger partial charge in [0.05, 0.1) is 27.5 Å². The largest absolute Gasteiger partial charge is 0.322 e. The number of pyridine rings is 1. The molecule has 0 bridgehead atoms. The van der Waals surface area contributed by atoms with Crippen molar-refractivity contribution in [3.05, 3.63) is 130 Å². The summed E-state index contributed by atoms with van der Waals surface area (Å²) >= 11 is 6.48. The third-order valence-corrected chi connectivity index (χ3v) is 6.95. The number of carbonyl (C=O) groups excluding carboxylic acids is 2. The van der Waals surface area contributed by atoms with Gasteiger partial charge in [0, 0.05) is 22.2 Å². The van der Waals surface area contributed by atoms with Gasteiger partial charge in [-0.05, 0) is 66.9 Å². The van der Waals surface area contributed by atoms with Crippen molar-refractivity contribution in [3.8, 4) is 11.3 Å². The predicted octanol–water partition coefficient (Wildman–Crippen LogP) is 7.66. The number of nitrogens with one attached hydrogen (secondary N) is 2. The van der Waals surface area contributed by atoms with Crippen molar-refractivity contribution < 1.29 is 14.0 Å². The first-order valence-corrected chi connectivity index (χ1v) is 13.4. The van der Waals surface area contributed by atoms with E-state index < -0.39 is 17.6 Å². The Balaban J connectivity index is 1.39. The van der Waals surface area contributed by atoms with Gasteiger partial charge < -0.3 is 5.32 Å². The lowest BCUT2D eigenvalue weighted by atomic mass is 10.0. The number of carbonyl (C=O) groups is 2. The molecular formula is C33H26ClFN4O2. The van der Waals surface area contributed by atoms with Crippen LogP contribution in [0.25, 0.3) is 22.2 Å². The Morgan fingerprint density at radius 2 is 1.61 bits per heavy atom. The zero-order valence-corrected chi connectivity index (χ0v) is 23.2. The van der Waals surface area contributed by atoms with Crippen molar-refractivity contribution in [1.82, 2.24) is 10.4 Å². The number of amides is 2. The van der Waals surface area contributed by atoms with Gasteiger partial charge in [-0.1, -0.05) is 73.1 Å². The van der Waals surface area contributed by atoms with Crippen LogP contribution in [-0.2, 0) is 6.42 Å². The molecule has 0 saturated heterocycles. The summed E-state index contributed by atoms with van der Waals surface area (Å²) in [4.78, 5) is 30.7. The number of benzene rings is 4. The minimum absolute atomic E-state index is 0.207. The Hall–Kier alpha value is -4.88. The summed E-state index contributed by atoms with van der Waals surface area (Å²) in [5.41, 5.74) is 8.18. The molecule has 41 heavy (non-hydrogen) atoms. The third kappa shape index (κ3) is 6.31. The summed E-state index contributed by atoms with van der Waals surface area (Å²) in [7, 11) is 0. The fourth-order valence-corrected chi connectivity index (χ4v) is 4.59. The summed E-state index contributed by atoms with van der Waals surface area (Å²) in [6, 6.07) is 27.6. The molecule has 8 heteroatoms. The van der Waals surface area contributed by atoms with Crippen molar-refractivity contribution in [3.63, 3.8) is 0 Å². The number of fused-ring (bicyclic) bond motifs is 1. The highest BCUT2D eigenvalue weighted by Gasteiger charge is 2.16. The molecule has 0 saturated carbocycles. The Morgan fingerprint density at radius 3 is 2.37 bits per heavy atom. The Kier molecular flexibility index (Phi) is 8.17. The summed E-state index contributed by atoms with van der Waals surface area (Å²) in [6.45, 7) is 3.84. The number of aromatic nitrogens is 1. The van der Waals surface area contributed by atoms with Crippen LogP contribution in [-0.4, -0.2) is 22.5 Å². The molecule has 0 atom stereocenters. The first kappa shape index (κ1) is 27.7. The normalized spacial score (nSPS) is 11.4. The molecule has 5 aromatic rings. The highest BCUT2D eigenvalue weighted by molar-refractivity contribution is 6.35. The number of anilines is 1. The van der Waals surface area contributed by atoms with E-state index in [1.807, 2.05) is 30.3 Å². The van der Waals surface area contributed by atoms with E-state index in [9.17, 15) is 14.0 Å². The number of halogens is 2. The fourth-order valence-electron chi connectivity index (χ4n) is 4.37. The number of hydrogen-bond acceptors (Lipinski definition) is 4. The molecule has 6 nitrogen and oxygen atoms in total. The monoisotopic (exact) mass is 564 g/mol. The van der Waals surface area contributed by atoms with E-state index in [1.165, 1.54) is 29.8 Å². The molecule has 0 aliphatic heterocycles. The van der Waals surface area contributed by atoms with E-state index in [0.717, 1.165) is 12.0 Å². The molecule has 0 radical (unpaired) electrons. The van der Waals surface area contributed by atoms with E-state index in [4.69, 9.17) is 16.6 Å². The molecule has 1 heterocycles.